The monoisotopic (exact) mass is 491 g/mol. The number of amides is 1. The van der Waals surface area contributed by atoms with Gasteiger partial charge in [-0.3, -0.25) is 9.59 Å². The molecule has 0 saturated carbocycles. The lowest BCUT2D eigenvalue weighted by Crippen LogP contribution is -2.43. The van der Waals surface area contributed by atoms with Crippen molar-refractivity contribution in [1.82, 2.24) is 0 Å². The highest BCUT2D eigenvalue weighted by Crippen LogP contribution is 2.35. The van der Waals surface area contributed by atoms with Crippen molar-refractivity contribution < 1.29 is 37.1 Å². The Morgan fingerprint density at radius 3 is 2.22 bits per heavy atom. The molecule has 0 spiro atoms. The molecule has 0 bridgehead atoms. The van der Waals surface area contributed by atoms with Crippen molar-refractivity contribution in [1.29, 1.82) is 0 Å². The summed E-state index contributed by atoms with van der Waals surface area (Å²) in [5, 5.41) is 7.78. The third-order valence-corrected chi connectivity index (χ3v) is 6.33. The molecule has 3 rings (SSSR count). The summed E-state index contributed by atoms with van der Waals surface area (Å²) < 4.78 is 32.6. The summed E-state index contributed by atoms with van der Waals surface area (Å²) in [7, 11) is 4.36. The molecule has 0 unspecified atom stereocenters. The Bertz CT molecular complexity index is 1020. The molecule has 174 valence electrons. The number of rotatable bonds is 5. The van der Waals surface area contributed by atoms with Crippen molar-refractivity contribution >= 4 is 40.6 Å². The summed E-state index contributed by atoms with van der Waals surface area (Å²) in [6, 6.07) is 7.27. The van der Waals surface area contributed by atoms with Crippen LogP contribution in [0.1, 0.15) is 31.2 Å². The smallest absolute Gasteiger partial charge is 0.475 e. The van der Waals surface area contributed by atoms with Crippen LogP contribution in [0.5, 0.6) is 0 Å². The van der Waals surface area contributed by atoms with Gasteiger partial charge in [0.05, 0.1) is 31.1 Å². The van der Waals surface area contributed by atoms with E-state index in [0.29, 0.717) is 17.0 Å². The zero-order valence-corrected chi connectivity index (χ0v) is 19.0. The third kappa shape index (κ3) is 7.04. The molecule has 11 heteroatoms. The number of alkyl halides is 3. The number of quaternary nitrogens is 1. The first-order valence-corrected chi connectivity index (χ1v) is 10.7. The van der Waals surface area contributed by atoms with Gasteiger partial charge in [0.2, 0.25) is 5.91 Å². The van der Waals surface area contributed by atoms with Gasteiger partial charge in [0.25, 0.3) is 0 Å². The number of ketones is 1. The molecule has 32 heavy (non-hydrogen) atoms. The van der Waals surface area contributed by atoms with E-state index in [1.165, 1.54) is 4.88 Å². The average molecular weight is 492 g/mol. The Kier molecular flexibility index (Phi) is 8.08. The number of carbonyl (C=O) groups is 3. The quantitative estimate of drug-likeness (QED) is 0.624. The van der Waals surface area contributed by atoms with Crippen molar-refractivity contribution in [3.05, 3.63) is 55.7 Å². The minimum atomic E-state index is -5.08. The number of primary amides is 1. The predicted octanol–water partition coefficient (Wildman–Crippen LogP) is 3.62. The van der Waals surface area contributed by atoms with E-state index >= 15 is 0 Å². The molecule has 0 radical (unpaired) electrons. The highest BCUT2D eigenvalue weighted by molar-refractivity contribution is 7.12. The van der Waals surface area contributed by atoms with Gasteiger partial charge in [-0.2, -0.15) is 13.2 Å². The SMILES string of the molecule is C[N+]1(C)CCc2c(sc(CC(=O)Cc3ccc(Cl)cc3)c2C(N)=O)C1.O=C(O)C(F)(F)F. The number of halogens is 4. The van der Waals surface area contributed by atoms with Gasteiger partial charge in [-0.05, 0) is 23.3 Å². The summed E-state index contributed by atoms with van der Waals surface area (Å²) in [6.45, 7) is 1.85. The van der Waals surface area contributed by atoms with Crippen LogP contribution in [0.2, 0.25) is 5.02 Å². The Morgan fingerprint density at radius 2 is 1.72 bits per heavy atom. The first-order chi connectivity index (χ1) is 14.7. The molecule has 1 aliphatic rings. The number of nitrogens with two attached hydrogens (primary N) is 1. The van der Waals surface area contributed by atoms with Crippen molar-refractivity contribution in [2.24, 2.45) is 5.73 Å². The molecule has 0 atom stereocenters. The Morgan fingerprint density at radius 1 is 1.16 bits per heavy atom. The largest absolute Gasteiger partial charge is 0.490 e. The van der Waals surface area contributed by atoms with E-state index in [1.54, 1.807) is 23.5 Å². The molecule has 2 aromatic rings. The lowest BCUT2D eigenvalue weighted by molar-refractivity contribution is -0.905. The van der Waals surface area contributed by atoms with Crippen molar-refractivity contribution in [3.63, 3.8) is 0 Å². The summed E-state index contributed by atoms with van der Waals surface area (Å²) >= 11 is 7.45. The second-order valence-corrected chi connectivity index (χ2v) is 9.68. The zero-order chi connectivity index (χ0) is 24.3. The van der Waals surface area contributed by atoms with Crippen molar-refractivity contribution in [2.45, 2.75) is 32.0 Å². The fourth-order valence-electron chi connectivity index (χ4n) is 3.33. The Hall–Kier alpha value is -2.43. The number of carbonyl (C=O) groups excluding carboxylic acids is 2. The van der Waals surface area contributed by atoms with Gasteiger partial charge in [0, 0.05) is 29.2 Å². The summed E-state index contributed by atoms with van der Waals surface area (Å²) in [5.74, 6) is -3.09. The van der Waals surface area contributed by atoms with Gasteiger partial charge in [-0.25, -0.2) is 4.79 Å². The number of likely N-dealkylation sites (N-methyl/N-ethyl adjacent to an activating group) is 1. The number of hydrogen-bond acceptors (Lipinski definition) is 4. The summed E-state index contributed by atoms with van der Waals surface area (Å²) in [5.41, 5.74) is 8.20. The first kappa shape index (κ1) is 25.8. The van der Waals surface area contributed by atoms with E-state index < -0.39 is 18.1 Å². The van der Waals surface area contributed by atoms with E-state index in [4.69, 9.17) is 27.2 Å². The van der Waals surface area contributed by atoms with Crippen LogP contribution in [-0.2, 0) is 35.4 Å². The highest BCUT2D eigenvalue weighted by atomic mass is 35.5. The maximum atomic E-state index is 12.5. The van der Waals surface area contributed by atoms with Gasteiger partial charge >= 0.3 is 12.1 Å². The molecule has 0 aliphatic carbocycles. The van der Waals surface area contributed by atoms with Crippen molar-refractivity contribution in [3.8, 4) is 0 Å². The van der Waals surface area contributed by atoms with Crippen LogP contribution in [0, 0.1) is 0 Å². The van der Waals surface area contributed by atoms with E-state index in [2.05, 4.69) is 14.1 Å². The minimum absolute atomic E-state index is 0.0807. The number of fused-ring (bicyclic) bond motifs is 1. The number of carboxylic acids is 1. The third-order valence-electron chi connectivity index (χ3n) is 4.86. The van der Waals surface area contributed by atoms with E-state index in [0.717, 1.165) is 40.0 Å². The number of hydrogen-bond donors (Lipinski definition) is 2. The topological polar surface area (TPSA) is 97.5 Å². The molecule has 1 aromatic carbocycles. The molecule has 6 nitrogen and oxygen atoms in total. The van der Waals surface area contributed by atoms with Gasteiger partial charge in [-0.15, -0.1) is 11.3 Å². The van der Waals surface area contributed by atoms with Gasteiger partial charge in [0.1, 0.15) is 12.3 Å². The summed E-state index contributed by atoms with van der Waals surface area (Å²) in [6.07, 6.45) is -3.66. The molecular formula is C21H23ClF3N2O4S+. The predicted molar refractivity (Wildman–Crippen MR) is 115 cm³/mol. The van der Waals surface area contributed by atoms with Gasteiger partial charge < -0.3 is 15.3 Å². The van der Waals surface area contributed by atoms with Crippen LogP contribution in [0.15, 0.2) is 24.3 Å². The second-order valence-electron chi connectivity index (χ2n) is 8.06. The van der Waals surface area contributed by atoms with Crippen molar-refractivity contribution in [2.75, 3.05) is 20.6 Å². The maximum absolute atomic E-state index is 12.5. The van der Waals surface area contributed by atoms with Crippen LogP contribution >= 0.6 is 22.9 Å². The van der Waals surface area contributed by atoms with Gasteiger partial charge in [0.15, 0.2) is 0 Å². The maximum Gasteiger partial charge on any atom is 0.490 e. The number of carboxylic acid groups (broad SMARTS) is 1. The number of nitrogens with zero attached hydrogens (tertiary/aromatic N) is 1. The molecule has 0 saturated heterocycles. The molecule has 1 amide bonds. The molecule has 2 heterocycles. The van der Waals surface area contributed by atoms with Crippen LogP contribution < -0.4 is 5.73 Å². The Labute approximate surface area is 192 Å². The molecule has 0 fully saturated rings. The number of Topliss-reactive ketones (excluding diaryl/α,β-unsaturated/α-hetero) is 1. The van der Waals surface area contributed by atoms with E-state index in [1.807, 2.05) is 12.1 Å². The van der Waals surface area contributed by atoms with Gasteiger partial charge in [-0.1, -0.05) is 23.7 Å². The number of thiophene rings is 1. The summed E-state index contributed by atoms with van der Waals surface area (Å²) in [4.78, 5) is 35.4. The van der Waals surface area contributed by atoms with E-state index in [9.17, 15) is 22.8 Å². The van der Waals surface area contributed by atoms with E-state index in [-0.39, 0.29) is 12.2 Å². The number of benzene rings is 1. The molecule has 1 aromatic heterocycles. The lowest BCUT2D eigenvalue weighted by Gasteiger charge is -2.33. The van der Waals surface area contributed by atoms with Crippen LogP contribution in [0.4, 0.5) is 13.2 Å². The lowest BCUT2D eigenvalue weighted by atomic mass is 9.98. The standard InChI is InChI=1S/C19H21ClN2O2S.C2HF3O2/c1-22(2)8-7-15-17(11-22)25-16(18(15)19(21)24)10-14(23)9-12-3-5-13(20)6-4-12;3-2(4,5)1(6)7/h3-6H,7-11H2,1-2H3,(H-,21,24);(H,6,7)/p+1. The second kappa shape index (κ2) is 10.0. The first-order valence-electron chi connectivity index (χ1n) is 9.51. The molecule has 1 aliphatic heterocycles. The van der Waals surface area contributed by atoms with Crippen LogP contribution in [-0.4, -0.2) is 54.1 Å². The highest BCUT2D eigenvalue weighted by Gasteiger charge is 2.38. The zero-order valence-electron chi connectivity index (χ0n) is 17.5. The number of aliphatic carboxylic acids is 1. The fraction of sp³-hybridized carbons (Fsp3) is 0.381. The molecule has 3 N–H and O–H groups in total. The van der Waals surface area contributed by atoms with Crippen LogP contribution in [0.3, 0.4) is 0 Å². The van der Waals surface area contributed by atoms with Crippen LogP contribution in [0.25, 0.3) is 0 Å². The fourth-order valence-corrected chi connectivity index (χ4v) is 5.05. The average Bonchev–Trinajstić information content (AvgIpc) is 2.99. The Balaban J connectivity index is 0.000000451. The minimum Gasteiger partial charge on any atom is -0.475 e. The normalized spacial score (nSPS) is 14.7. The molecular weight excluding hydrogens is 469 g/mol.